The van der Waals surface area contributed by atoms with Crippen molar-refractivity contribution in [2.24, 2.45) is 0 Å². The van der Waals surface area contributed by atoms with Crippen LogP contribution in [0.3, 0.4) is 0 Å². The van der Waals surface area contributed by atoms with Crippen molar-refractivity contribution in [3.05, 3.63) is 0 Å². The maximum atomic E-state index is 11.8. The van der Waals surface area contributed by atoms with Gasteiger partial charge in [-0.15, -0.1) is 0 Å². The summed E-state index contributed by atoms with van der Waals surface area (Å²) in [5.41, 5.74) is 0. The number of nitrogens with one attached hydrogen (secondary N) is 1. The van der Waals surface area contributed by atoms with E-state index in [0.717, 1.165) is 32.4 Å². The highest BCUT2D eigenvalue weighted by molar-refractivity contribution is 5.78. The fourth-order valence-electron chi connectivity index (χ4n) is 2.01. The van der Waals surface area contributed by atoms with Gasteiger partial charge in [-0.25, -0.2) is 0 Å². The van der Waals surface area contributed by atoms with E-state index >= 15 is 0 Å². The Morgan fingerprint density at radius 3 is 2.62 bits per heavy atom. The summed E-state index contributed by atoms with van der Waals surface area (Å²) in [6.07, 6.45) is 4.56. The molecule has 0 aliphatic carbocycles. The van der Waals surface area contributed by atoms with Gasteiger partial charge >= 0.3 is 0 Å². The van der Waals surface area contributed by atoms with E-state index in [4.69, 9.17) is 4.74 Å². The molecule has 94 valence electrons. The maximum absolute atomic E-state index is 11.8. The van der Waals surface area contributed by atoms with Crippen LogP contribution in [-0.2, 0) is 9.53 Å². The predicted octanol–water partition coefficient (Wildman–Crippen LogP) is 1.01. The predicted molar refractivity (Wildman–Crippen MR) is 64.4 cm³/mol. The normalized spacial score (nSPS) is 18.5. The van der Waals surface area contributed by atoms with Gasteiger partial charge in [0.25, 0.3) is 0 Å². The van der Waals surface area contributed by atoms with Gasteiger partial charge in [-0.05, 0) is 25.7 Å². The van der Waals surface area contributed by atoms with Crippen LogP contribution in [0.2, 0.25) is 0 Å². The van der Waals surface area contributed by atoms with E-state index in [2.05, 4.69) is 12.2 Å². The van der Waals surface area contributed by atoms with E-state index in [1.54, 1.807) is 7.11 Å². The zero-order chi connectivity index (χ0) is 11.8. The summed E-state index contributed by atoms with van der Waals surface area (Å²) >= 11 is 0. The summed E-state index contributed by atoms with van der Waals surface area (Å²) in [5.74, 6) is 0.231. The molecule has 0 radical (unpaired) electrons. The average Bonchev–Trinajstić information content (AvgIpc) is 2.35. The third kappa shape index (κ3) is 4.49. The van der Waals surface area contributed by atoms with Crippen molar-refractivity contribution in [1.29, 1.82) is 0 Å². The number of hydrogen-bond donors (Lipinski definition) is 1. The smallest absolute Gasteiger partial charge is 0.236 e. The molecule has 1 heterocycles. The van der Waals surface area contributed by atoms with Crippen LogP contribution in [0.1, 0.15) is 32.6 Å². The third-order valence-corrected chi connectivity index (χ3v) is 3.11. The summed E-state index contributed by atoms with van der Waals surface area (Å²) in [5, 5.41) is 3.25. The molecule has 1 fully saturated rings. The topological polar surface area (TPSA) is 41.6 Å². The largest absolute Gasteiger partial charge is 0.383 e. The van der Waals surface area contributed by atoms with Crippen LogP contribution >= 0.6 is 0 Å². The molecule has 0 aromatic carbocycles. The molecule has 1 atom stereocenters. The molecule has 0 spiro atoms. The fourth-order valence-corrected chi connectivity index (χ4v) is 2.01. The van der Waals surface area contributed by atoms with E-state index in [9.17, 15) is 4.79 Å². The Kier molecular flexibility index (Phi) is 6.42. The molecule has 0 aromatic rings. The van der Waals surface area contributed by atoms with E-state index in [0.29, 0.717) is 19.2 Å². The summed E-state index contributed by atoms with van der Waals surface area (Å²) < 4.78 is 5.09. The second kappa shape index (κ2) is 7.63. The second-order valence-electron chi connectivity index (χ2n) is 4.38. The Morgan fingerprint density at radius 1 is 1.38 bits per heavy atom. The molecule has 1 rings (SSSR count). The fraction of sp³-hybridized carbons (Fsp3) is 0.917. The Hall–Kier alpha value is -0.610. The molecule has 1 N–H and O–H groups in total. The standard InChI is InChI=1S/C12H24N2O2/c1-3-11(10-16-2)13-9-12(15)14-7-5-4-6-8-14/h11,13H,3-10H2,1-2H3. The number of likely N-dealkylation sites (tertiary alicyclic amines) is 1. The van der Waals surface area contributed by atoms with Crippen molar-refractivity contribution in [2.45, 2.75) is 38.6 Å². The van der Waals surface area contributed by atoms with Crippen LogP contribution in [0.25, 0.3) is 0 Å². The Balaban J connectivity index is 2.22. The van der Waals surface area contributed by atoms with Gasteiger partial charge in [-0.1, -0.05) is 6.92 Å². The van der Waals surface area contributed by atoms with Gasteiger partial charge in [0.05, 0.1) is 13.2 Å². The first-order valence-corrected chi connectivity index (χ1v) is 6.28. The van der Waals surface area contributed by atoms with Gasteiger partial charge in [0, 0.05) is 26.2 Å². The highest BCUT2D eigenvalue weighted by atomic mass is 16.5. The van der Waals surface area contributed by atoms with Crippen molar-refractivity contribution in [3.63, 3.8) is 0 Å². The molecule has 4 nitrogen and oxygen atoms in total. The number of ether oxygens (including phenoxy) is 1. The Labute approximate surface area is 98.3 Å². The quantitative estimate of drug-likeness (QED) is 0.738. The van der Waals surface area contributed by atoms with Gasteiger partial charge in [0.15, 0.2) is 0 Å². The molecule has 1 unspecified atom stereocenters. The number of methoxy groups -OCH3 is 1. The van der Waals surface area contributed by atoms with Crippen molar-refractivity contribution < 1.29 is 9.53 Å². The lowest BCUT2D eigenvalue weighted by atomic mass is 10.1. The second-order valence-corrected chi connectivity index (χ2v) is 4.38. The van der Waals surface area contributed by atoms with E-state index < -0.39 is 0 Å². The minimum absolute atomic E-state index is 0.231. The maximum Gasteiger partial charge on any atom is 0.236 e. The first-order valence-electron chi connectivity index (χ1n) is 6.28. The van der Waals surface area contributed by atoms with Crippen molar-refractivity contribution in [2.75, 3.05) is 33.4 Å². The number of nitrogens with zero attached hydrogens (tertiary/aromatic N) is 1. The van der Waals surface area contributed by atoms with Crippen LogP contribution in [0.5, 0.6) is 0 Å². The van der Waals surface area contributed by atoms with Crippen LogP contribution in [0, 0.1) is 0 Å². The van der Waals surface area contributed by atoms with Crippen molar-refractivity contribution >= 4 is 5.91 Å². The summed E-state index contributed by atoms with van der Waals surface area (Å²) in [6.45, 7) is 5.08. The van der Waals surface area contributed by atoms with Gasteiger partial charge < -0.3 is 15.0 Å². The minimum atomic E-state index is 0.231. The number of piperidine rings is 1. The Morgan fingerprint density at radius 2 is 2.06 bits per heavy atom. The molecule has 1 aliphatic heterocycles. The third-order valence-electron chi connectivity index (χ3n) is 3.11. The molecule has 0 bridgehead atoms. The molecule has 0 aromatic heterocycles. The van der Waals surface area contributed by atoms with E-state index in [1.165, 1.54) is 6.42 Å². The van der Waals surface area contributed by atoms with Crippen LogP contribution < -0.4 is 5.32 Å². The van der Waals surface area contributed by atoms with Gasteiger partial charge in [0.2, 0.25) is 5.91 Å². The van der Waals surface area contributed by atoms with Crippen molar-refractivity contribution in [1.82, 2.24) is 10.2 Å². The SMILES string of the molecule is CCC(COC)NCC(=O)N1CCCCC1. The molecule has 0 saturated carbocycles. The molecule has 16 heavy (non-hydrogen) atoms. The summed E-state index contributed by atoms with van der Waals surface area (Å²) in [4.78, 5) is 13.8. The molecule has 1 saturated heterocycles. The lowest BCUT2D eigenvalue weighted by molar-refractivity contribution is -0.131. The highest BCUT2D eigenvalue weighted by Gasteiger charge is 2.17. The van der Waals surface area contributed by atoms with Crippen molar-refractivity contribution in [3.8, 4) is 0 Å². The highest BCUT2D eigenvalue weighted by Crippen LogP contribution is 2.08. The van der Waals surface area contributed by atoms with Crippen LogP contribution in [-0.4, -0.2) is 50.2 Å². The summed E-state index contributed by atoms with van der Waals surface area (Å²) in [6, 6.07) is 0.291. The molecule has 4 heteroatoms. The Bertz CT molecular complexity index is 203. The minimum Gasteiger partial charge on any atom is -0.383 e. The van der Waals surface area contributed by atoms with E-state index in [-0.39, 0.29) is 5.91 Å². The lowest BCUT2D eigenvalue weighted by Crippen LogP contribution is -2.44. The first kappa shape index (κ1) is 13.5. The van der Waals surface area contributed by atoms with Crippen LogP contribution in [0.15, 0.2) is 0 Å². The van der Waals surface area contributed by atoms with Crippen LogP contribution in [0.4, 0.5) is 0 Å². The van der Waals surface area contributed by atoms with Gasteiger partial charge in [-0.3, -0.25) is 4.79 Å². The lowest BCUT2D eigenvalue weighted by Gasteiger charge is -2.27. The molecule has 1 aliphatic rings. The first-order chi connectivity index (χ1) is 7.77. The van der Waals surface area contributed by atoms with Gasteiger partial charge in [-0.2, -0.15) is 0 Å². The number of hydrogen-bond acceptors (Lipinski definition) is 3. The van der Waals surface area contributed by atoms with E-state index in [1.807, 2.05) is 4.90 Å². The number of amides is 1. The number of rotatable bonds is 6. The number of carbonyl (C=O) groups is 1. The zero-order valence-corrected chi connectivity index (χ0v) is 10.5. The number of carbonyl (C=O) groups excluding carboxylic acids is 1. The molecule has 1 amide bonds. The average molecular weight is 228 g/mol. The monoisotopic (exact) mass is 228 g/mol. The zero-order valence-electron chi connectivity index (χ0n) is 10.5. The van der Waals surface area contributed by atoms with Gasteiger partial charge in [0.1, 0.15) is 0 Å². The summed E-state index contributed by atoms with van der Waals surface area (Å²) in [7, 11) is 1.69. The molecular formula is C12H24N2O2. The molecular weight excluding hydrogens is 204 g/mol.